The fourth-order valence-corrected chi connectivity index (χ4v) is 6.88. The second-order valence-electron chi connectivity index (χ2n) is 10.9. The fourth-order valence-electron chi connectivity index (χ4n) is 5.81. The van der Waals surface area contributed by atoms with E-state index in [4.69, 9.17) is 19.7 Å². The first-order valence-electron chi connectivity index (χ1n) is 12.9. The van der Waals surface area contributed by atoms with Gasteiger partial charge in [0.1, 0.15) is 27.3 Å². The molecule has 3 aromatic rings. The van der Waals surface area contributed by atoms with Crippen LogP contribution in [0.3, 0.4) is 0 Å². The first-order valence-corrected chi connectivity index (χ1v) is 15.0. The summed E-state index contributed by atoms with van der Waals surface area (Å²) in [4.78, 5) is 23.2. The molecule has 1 unspecified atom stereocenters. The van der Waals surface area contributed by atoms with Crippen molar-refractivity contribution < 1.29 is 16.0 Å². The number of nitrogens with zero attached hydrogens (tertiary/aromatic N) is 6. The normalized spacial score (nSPS) is 22.1. The first kappa shape index (κ1) is 24.3. The van der Waals surface area contributed by atoms with Crippen LogP contribution in [-0.2, 0) is 14.6 Å². The van der Waals surface area contributed by atoms with Crippen molar-refractivity contribution in [1.29, 1.82) is 0 Å². The number of anilines is 4. The molecular weight excluding hydrogens is 490 g/mol. The average Bonchev–Trinajstić information content (AvgIpc) is 3.44. The van der Waals surface area contributed by atoms with Crippen LogP contribution in [0.5, 0.6) is 0 Å². The van der Waals surface area contributed by atoms with E-state index < -0.39 is 9.84 Å². The van der Waals surface area contributed by atoms with E-state index in [1.54, 1.807) is 6.20 Å². The number of ether oxygens (including phenoxy) is 1. The van der Waals surface area contributed by atoms with E-state index in [0.717, 1.165) is 54.3 Å². The van der Waals surface area contributed by atoms with Crippen LogP contribution in [0.1, 0.15) is 34.6 Å². The van der Waals surface area contributed by atoms with Crippen LogP contribution in [0.2, 0.25) is 0 Å². The second-order valence-corrected chi connectivity index (χ2v) is 13.1. The van der Waals surface area contributed by atoms with Crippen LogP contribution >= 0.6 is 0 Å². The van der Waals surface area contributed by atoms with Crippen molar-refractivity contribution in [3.63, 3.8) is 0 Å². The molecule has 6 heterocycles. The number of pyridine rings is 2. The summed E-state index contributed by atoms with van der Waals surface area (Å²) < 4.78 is 29.0. The van der Waals surface area contributed by atoms with Gasteiger partial charge in [-0.25, -0.2) is 23.4 Å². The van der Waals surface area contributed by atoms with Gasteiger partial charge in [-0.3, -0.25) is 0 Å². The third-order valence-corrected chi connectivity index (χ3v) is 8.74. The van der Waals surface area contributed by atoms with E-state index in [0.29, 0.717) is 36.7 Å². The van der Waals surface area contributed by atoms with Crippen molar-refractivity contribution in [3.05, 3.63) is 36.3 Å². The Morgan fingerprint density at radius 2 is 1.97 bits per heavy atom. The molecule has 3 fully saturated rings. The number of hydrogen-bond donors (Lipinski definition) is 1. The topological polar surface area (TPSA) is 113 Å². The third-order valence-electron chi connectivity index (χ3n) is 7.66. The van der Waals surface area contributed by atoms with Crippen molar-refractivity contribution >= 4 is 44.0 Å². The molecule has 0 saturated carbocycles. The quantitative estimate of drug-likeness (QED) is 0.490. The Bertz CT molecular complexity index is 1440. The lowest BCUT2D eigenvalue weighted by atomic mass is 9.97. The van der Waals surface area contributed by atoms with Gasteiger partial charge in [0, 0.05) is 64.6 Å². The molecule has 10 nitrogen and oxygen atoms in total. The molecule has 1 N–H and O–H groups in total. The van der Waals surface area contributed by atoms with E-state index in [-0.39, 0.29) is 20.4 Å². The summed E-state index contributed by atoms with van der Waals surface area (Å²) in [5.41, 5.74) is 1.14. The van der Waals surface area contributed by atoms with Gasteiger partial charge in [-0.2, -0.15) is 4.98 Å². The molecular formula is C26H37N7O3S. The maximum absolute atomic E-state index is 11.7. The Kier molecular flexibility index (Phi) is 6.15. The molecule has 3 saturated heterocycles. The Hall–Kier alpha value is -3.05. The van der Waals surface area contributed by atoms with Gasteiger partial charge in [0.25, 0.3) is 0 Å². The Labute approximate surface area is 220 Å². The zero-order valence-electron chi connectivity index (χ0n) is 21.5. The number of rotatable bonds is 7. The van der Waals surface area contributed by atoms with Crippen LogP contribution in [0.15, 0.2) is 30.7 Å². The highest BCUT2D eigenvalue weighted by atomic mass is 32.2. The van der Waals surface area contributed by atoms with Gasteiger partial charge in [-0.15, -0.1) is 0 Å². The van der Waals surface area contributed by atoms with Gasteiger partial charge in [0.15, 0.2) is 0 Å². The number of fused-ring (bicyclic) bond motifs is 2. The van der Waals surface area contributed by atoms with Gasteiger partial charge in [-0.1, -0.05) is 13.8 Å². The monoisotopic (exact) mass is 527 g/mol. The van der Waals surface area contributed by atoms with Crippen LogP contribution in [0.25, 0.3) is 10.8 Å². The Morgan fingerprint density at radius 3 is 2.76 bits per heavy atom. The molecule has 6 rings (SSSR count). The maximum atomic E-state index is 11.7. The Morgan fingerprint density at radius 1 is 1.14 bits per heavy atom. The van der Waals surface area contributed by atoms with Crippen molar-refractivity contribution in [1.82, 2.24) is 19.9 Å². The summed E-state index contributed by atoms with van der Waals surface area (Å²) in [6.45, 7) is 8.19. The summed E-state index contributed by atoms with van der Waals surface area (Å²) in [6.07, 6.45) is 7.99. The van der Waals surface area contributed by atoms with Crippen LogP contribution < -0.4 is 15.1 Å². The van der Waals surface area contributed by atoms with E-state index >= 15 is 0 Å². The minimum absolute atomic E-state index is 0. The predicted octanol–water partition coefficient (Wildman–Crippen LogP) is 3.48. The smallest absolute Gasteiger partial charge is 0.227 e. The van der Waals surface area contributed by atoms with E-state index in [9.17, 15) is 8.42 Å². The van der Waals surface area contributed by atoms with Gasteiger partial charge >= 0.3 is 0 Å². The van der Waals surface area contributed by atoms with Crippen molar-refractivity contribution in [2.75, 3.05) is 60.0 Å². The van der Waals surface area contributed by atoms with Gasteiger partial charge < -0.3 is 19.9 Å². The molecule has 0 aliphatic carbocycles. The summed E-state index contributed by atoms with van der Waals surface area (Å²) >= 11 is 0. The average molecular weight is 528 g/mol. The van der Waals surface area contributed by atoms with Gasteiger partial charge in [0.2, 0.25) is 5.95 Å². The van der Waals surface area contributed by atoms with Crippen LogP contribution in [-0.4, -0.2) is 79.3 Å². The van der Waals surface area contributed by atoms with Crippen LogP contribution in [0, 0.1) is 11.8 Å². The molecule has 3 aromatic heterocycles. The van der Waals surface area contributed by atoms with E-state index in [2.05, 4.69) is 40.0 Å². The Balaban J connectivity index is 0.00000176. The highest BCUT2D eigenvalue weighted by molar-refractivity contribution is 7.90. The standard InChI is InChI=1S/C26H33N7O3S.2H2/c1-16(2)20-9-29-25(32-11-17(12-32)15-37(3,34)35)21-10-28-24(8-19(20)21)30-23-4-6-27-26(31-23)33-7-5-18-13-36-14-22(18)33;;/h4,6,8-10,16-18,22H,5,7,11-15H2,1-3H3,(H,27,28,30,31);2*1H/t18-,22?;;/m0../s1. The molecule has 0 spiro atoms. The minimum Gasteiger partial charge on any atom is -0.379 e. The molecule has 0 bridgehead atoms. The molecule has 3 aliphatic heterocycles. The number of sulfone groups is 1. The SMILES string of the molecule is CC(C)c1cnc(N2CC(CS(C)(=O)=O)C2)c2cnc(Nc3ccnc(N4CC[C@H]5COCC54)n3)cc12.[HH].[HH]. The molecule has 11 heteroatoms. The lowest BCUT2D eigenvalue weighted by Gasteiger charge is -2.40. The zero-order chi connectivity index (χ0) is 25.7. The number of hydrogen-bond acceptors (Lipinski definition) is 10. The molecule has 0 radical (unpaired) electrons. The molecule has 3 aliphatic rings. The van der Waals surface area contributed by atoms with Crippen molar-refractivity contribution in [2.45, 2.75) is 32.2 Å². The fraction of sp³-hybridized carbons (Fsp3) is 0.538. The molecule has 2 atom stereocenters. The maximum Gasteiger partial charge on any atom is 0.227 e. The van der Waals surface area contributed by atoms with E-state index in [1.807, 2.05) is 18.5 Å². The molecule has 0 amide bonds. The van der Waals surface area contributed by atoms with Crippen molar-refractivity contribution in [2.24, 2.45) is 11.8 Å². The third kappa shape index (κ3) is 4.82. The predicted molar refractivity (Wildman–Crippen MR) is 149 cm³/mol. The lowest BCUT2D eigenvalue weighted by molar-refractivity contribution is 0.179. The van der Waals surface area contributed by atoms with Crippen LogP contribution in [0.4, 0.5) is 23.4 Å². The molecule has 0 aromatic carbocycles. The summed E-state index contributed by atoms with van der Waals surface area (Å²) in [7, 11) is -2.99. The summed E-state index contributed by atoms with van der Waals surface area (Å²) in [6, 6.07) is 4.27. The molecule has 37 heavy (non-hydrogen) atoms. The highest BCUT2D eigenvalue weighted by Gasteiger charge is 2.39. The lowest BCUT2D eigenvalue weighted by Crippen LogP contribution is -2.50. The minimum atomic E-state index is -2.99. The number of aromatic nitrogens is 4. The van der Waals surface area contributed by atoms with Gasteiger partial charge in [0.05, 0.1) is 25.0 Å². The first-order chi connectivity index (χ1) is 17.7. The van der Waals surface area contributed by atoms with Crippen molar-refractivity contribution in [3.8, 4) is 0 Å². The largest absolute Gasteiger partial charge is 0.379 e. The van der Waals surface area contributed by atoms with E-state index in [1.165, 1.54) is 6.26 Å². The number of nitrogens with one attached hydrogen (secondary N) is 1. The zero-order valence-corrected chi connectivity index (χ0v) is 22.3. The van der Waals surface area contributed by atoms with Gasteiger partial charge in [-0.05, 0) is 35.4 Å². The highest BCUT2D eigenvalue weighted by Crippen LogP contribution is 2.36. The summed E-state index contributed by atoms with van der Waals surface area (Å²) in [5.74, 6) is 4.19. The second kappa shape index (κ2) is 9.36. The molecule has 200 valence electrons. The summed E-state index contributed by atoms with van der Waals surface area (Å²) in [5, 5.41) is 5.44.